The molecule has 0 spiro atoms. The summed E-state index contributed by atoms with van der Waals surface area (Å²) in [4.78, 5) is 103. The zero-order valence-electron chi connectivity index (χ0n) is 50.2. The van der Waals surface area contributed by atoms with Crippen molar-refractivity contribution >= 4 is 66.1 Å². The smallest absolute Gasteiger partial charge is 0.252 e. The average Bonchev–Trinajstić information content (AvgIpc) is 3.29. The quantitative estimate of drug-likeness (QED) is 0.00890. The highest BCUT2D eigenvalue weighted by Crippen LogP contribution is 2.50. The Labute approximate surface area is 519 Å². The molecule has 3 fully saturated rings. The molecular formula is C52H91N8O27PS. The standard InChI is InChI=1S/C52H91N8O27PS/c1-28(64)56-40(35(67)25-61)50(77)82-22-19-80-17-14-54-48(75)33(9-11-38(68)53-13-16-79-20-23-83-51-41(57-29(2)65)45(72)43(70)36(26-62)85-51)59-39(69)12-10-34(60-47(74)31-5-7-32(8-6-31)87-88(4,78)89)49(76)55-15-18-81-21-24-84-52-42(58-30(3)66)46(73)44(71)37(27-63)86-52/h31-34,36-37,41-46,50-52,61-63,67,70-73,77H,5-27H2,1-4H3,(H,53,68)(H,54,75)(H,55,76)(H,56,64)(H,57,65)(H,58,66)(H,59,69)(H,60,74)(H,78,89)/b40-35-/t31-,32+,33?,34?,36?,37?,41?,42?,43?,44?,45?,46?,50?,51?,52?,88?. The number of hydrogen-bond acceptors (Lipinski definition) is 27. The lowest BCUT2D eigenvalue weighted by atomic mass is 9.86. The van der Waals surface area contributed by atoms with Crippen LogP contribution in [0.1, 0.15) is 72.1 Å². The van der Waals surface area contributed by atoms with Gasteiger partial charge < -0.3 is 131 Å². The Balaban J connectivity index is 1.63. The lowest BCUT2D eigenvalue weighted by Gasteiger charge is -2.42. The molecule has 14 atom stereocenters. The van der Waals surface area contributed by atoms with E-state index in [2.05, 4.69) is 54.8 Å². The van der Waals surface area contributed by atoms with Crippen LogP contribution < -0.4 is 42.5 Å². The number of rotatable bonds is 41. The fourth-order valence-corrected chi connectivity index (χ4v) is 10.4. The number of hydrogen-bond donors (Lipinski definition) is 18. The van der Waals surface area contributed by atoms with Gasteiger partial charge in [-0.1, -0.05) is 12.2 Å². The largest absolute Gasteiger partial charge is 0.508 e. The molecule has 2 aliphatic heterocycles. The number of thiol groups is 1. The number of ether oxygens (including phenoxy) is 8. The van der Waals surface area contributed by atoms with E-state index in [1.807, 2.05) is 0 Å². The normalized spacial score (nSPS) is 26.4. The van der Waals surface area contributed by atoms with Gasteiger partial charge in [0.05, 0.1) is 78.8 Å². The minimum Gasteiger partial charge on any atom is -0.508 e. The predicted octanol–water partition coefficient (Wildman–Crippen LogP) is -6.60. The molecule has 1 saturated carbocycles. The van der Waals surface area contributed by atoms with Gasteiger partial charge in [-0.3, -0.25) is 42.9 Å². The van der Waals surface area contributed by atoms with Crippen LogP contribution in [0.25, 0.3) is 0 Å². The summed E-state index contributed by atoms with van der Waals surface area (Å²) in [5.41, 5.74) is -0.480. The Bertz CT molecular complexity index is 2310. The van der Waals surface area contributed by atoms with E-state index in [-0.39, 0.29) is 98.4 Å². The third-order valence-electron chi connectivity index (χ3n) is 13.7. The van der Waals surface area contributed by atoms with E-state index < -0.39 is 183 Å². The number of aliphatic hydroxyl groups is 9. The van der Waals surface area contributed by atoms with Crippen LogP contribution in [-0.4, -0.2) is 285 Å². The van der Waals surface area contributed by atoms with Gasteiger partial charge in [-0.25, -0.2) is 0 Å². The van der Waals surface area contributed by atoms with E-state index in [0.29, 0.717) is 25.7 Å². The number of carbonyl (C=O) groups is 8. The Morgan fingerprint density at radius 3 is 1.48 bits per heavy atom. The maximum atomic E-state index is 13.7. The van der Waals surface area contributed by atoms with E-state index in [9.17, 15) is 88.9 Å². The summed E-state index contributed by atoms with van der Waals surface area (Å²) in [5, 5.41) is 110. The molecule has 3 rings (SSSR count). The Morgan fingerprint density at radius 2 is 1.04 bits per heavy atom. The number of aliphatic hydroxyl groups excluding tert-OH is 9. The van der Waals surface area contributed by atoms with Gasteiger partial charge in [0.15, 0.2) is 18.9 Å². The van der Waals surface area contributed by atoms with E-state index in [0.717, 1.165) is 6.92 Å². The first kappa shape index (κ1) is 78.4. The molecule has 0 bridgehead atoms. The first-order valence-corrected chi connectivity index (χ1v) is 32.2. The summed E-state index contributed by atoms with van der Waals surface area (Å²) in [6.07, 6.45) is -13.1. The maximum absolute atomic E-state index is 13.7. The minimum atomic E-state index is -3.12. The highest BCUT2D eigenvalue weighted by atomic mass is 32.7. The van der Waals surface area contributed by atoms with Crippen LogP contribution in [0.5, 0.6) is 0 Å². The fraction of sp³-hybridized carbons (Fsp3) is 0.808. The molecule has 14 unspecified atom stereocenters. The summed E-state index contributed by atoms with van der Waals surface area (Å²) in [5.74, 6) is -6.35. The minimum absolute atomic E-state index is 0.0249. The number of amides is 8. The molecule has 2 saturated heterocycles. The number of carbonyl (C=O) groups excluding carboxylic acids is 8. The highest BCUT2D eigenvalue weighted by molar-refractivity contribution is 8.46. The Morgan fingerprint density at radius 1 is 0.596 bits per heavy atom. The van der Waals surface area contributed by atoms with Crippen LogP contribution >= 0.6 is 18.8 Å². The SMILES string of the molecule is CC(=O)N/C(=C(\O)CO)C(O)OCCOCCNC(=O)C(CCC(=O)NCCOCCOC1OC(CO)C(O)C(O)C1NC(C)=O)NC(=O)CCC(NC(=O)[C@H]1CC[C@@H](OP(C)(=O)S)CC1)C(=O)NCCOCCOC1OC(CO)C(O)C(O)C1NC(C)=O. The van der Waals surface area contributed by atoms with Crippen molar-refractivity contribution in [3.05, 3.63) is 11.5 Å². The molecule has 0 radical (unpaired) electrons. The van der Waals surface area contributed by atoms with Crippen LogP contribution in [0.2, 0.25) is 0 Å². The van der Waals surface area contributed by atoms with Gasteiger partial charge in [-0.2, -0.15) is 0 Å². The Hall–Kier alpha value is -4.80. The zero-order chi connectivity index (χ0) is 66.2. The Kier molecular flexibility index (Phi) is 36.7. The highest BCUT2D eigenvalue weighted by Gasteiger charge is 2.47. The van der Waals surface area contributed by atoms with Gasteiger partial charge in [-0.15, -0.1) is 0 Å². The molecule has 89 heavy (non-hydrogen) atoms. The van der Waals surface area contributed by atoms with E-state index >= 15 is 0 Å². The molecule has 0 aromatic heterocycles. The van der Waals surface area contributed by atoms with Gasteiger partial charge in [-0.05, 0) is 38.5 Å². The van der Waals surface area contributed by atoms with Gasteiger partial charge >= 0.3 is 0 Å². The van der Waals surface area contributed by atoms with E-state index in [1.54, 1.807) is 0 Å². The molecule has 2 heterocycles. The molecular weight excluding hydrogens is 1230 g/mol. The lowest BCUT2D eigenvalue weighted by molar-refractivity contribution is -0.272. The maximum Gasteiger partial charge on any atom is 0.252 e. The summed E-state index contributed by atoms with van der Waals surface area (Å²) >= 11 is 4.00. The van der Waals surface area contributed by atoms with Crippen molar-refractivity contribution < 1.29 is 131 Å². The molecule has 0 aromatic rings. The van der Waals surface area contributed by atoms with Crippen molar-refractivity contribution in [1.29, 1.82) is 0 Å². The fourth-order valence-electron chi connectivity index (χ4n) is 9.27. The van der Waals surface area contributed by atoms with Crippen molar-refractivity contribution in [2.24, 2.45) is 5.92 Å². The van der Waals surface area contributed by atoms with Crippen LogP contribution in [0, 0.1) is 5.92 Å². The van der Waals surface area contributed by atoms with Crippen molar-refractivity contribution in [2.45, 2.75) is 158 Å². The average molecular weight is 1320 g/mol. The van der Waals surface area contributed by atoms with Crippen LogP contribution in [0.4, 0.5) is 0 Å². The molecule has 37 heteroatoms. The molecule has 3 aliphatic rings. The van der Waals surface area contributed by atoms with Gasteiger partial charge in [0.2, 0.25) is 47.3 Å². The first-order chi connectivity index (χ1) is 42.2. The second kappa shape index (κ2) is 41.6. The van der Waals surface area contributed by atoms with E-state index in [4.69, 9.17) is 42.4 Å². The topological polar surface area (TPSA) is 515 Å². The monoisotopic (exact) mass is 1320 g/mol. The van der Waals surface area contributed by atoms with Crippen molar-refractivity contribution in [1.82, 2.24) is 42.5 Å². The van der Waals surface area contributed by atoms with Crippen molar-refractivity contribution in [3.63, 3.8) is 0 Å². The molecule has 8 amide bonds. The van der Waals surface area contributed by atoms with Crippen molar-refractivity contribution in [2.75, 3.05) is 106 Å². The van der Waals surface area contributed by atoms with Crippen LogP contribution in [-0.2, 0) is 85.3 Å². The second-order valence-electron chi connectivity index (χ2n) is 20.9. The molecule has 35 nitrogen and oxygen atoms in total. The zero-order valence-corrected chi connectivity index (χ0v) is 52.0. The second-order valence-corrected chi connectivity index (χ2v) is 24.9. The predicted molar refractivity (Wildman–Crippen MR) is 308 cm³/mol. The third-order valence-corrected chi connectivity index (χ3v) is 14.7. The first-order valence-electron chi connectivity index (χ1n) is 29.0. The van der Waals surface area contributed by atoms with Crippen LogP contribution in [0.3, 0.4) is 0 Å². The van der Waals surface area contributed by atoms with Gasteiger partial charge in [0, 0.05) is 65.8 Å². The molecule has 0 aromatic carbocycles. The summed E-state index contributed by atoms with van der Waals surface area (Å²) in [6.45, 7) is -1.94. The van der Waals surface area contributed by atoms with Crippen LogP contribution in [0.15, 0.2) is 11.5 Å². The summed E-state index contributed by atoms with van der Waals surface area (Å²) in [7, 11) is 0. The summed E-state index contributed by atoms with van der Waals surface area (Å²) < 4.78 is 61.7. The molecule has 512 valence electrons. The number of nitrogens with one attached hydrogen (secondary N) is 8. The van der Waals surface area contributed by atoms with Crippen molar-refractivity contribution in [3.8, 4) is 0 Å². The molecule has 1 aliphatic carbocycles. The van der Waals surface area contributed by atoms with Gasteiger partial charge in [0.25, 0.3) is 6.57 Å². The van der Waals surface area contributed by atoms with Gasteiger partial charge in [0.1, 0.15) is 78.9 Å². The van der Waals surface area contributed by atoms with E-state index in [1.165, 1.54) is 20.5 Å². The third kappa shape index (κ3) is 29.6. The molecule has 17 N–H and O–H groups in total. The summed E-state index contributed by atoms with van der Waals surface area (Å²) in [6, 6.07) is -5.01. The lowest BCUT2D eigenvalue weighted by Crippen LogP contribution is -2.64.